The van der Waals surface area contributed by atoms with E-state index in [1.54, 1.807) is 11.3 Å². The number of hydrogen-bond donors (Lipinski definition) is 1. The van der Waals surface area contributed by atoms with E-state index in [1.165, 1.54) is 16.7 Å². The second kappa shape index (κ2) is 5.77. The minimum atomic E-state index is 0.902. The van der Waals surface area contributed by atoms with Gasteiger partial charge in [0, 0.05) is 24.5 Å². The molecule has 2 rings (SSSR count). The summed E-state index contributed by atoms with van der Waals surface area (Å²) in [5, 5.41) is 7.63. The molecule has 0 saturated heterocycles. The lowest BCUT2D eigenvalue weighted by Gasteiger charge is -2.04. The molecule has 0 aliphatic heterocycles. The standard InChI is InChI=1S/C13H16N2S/c1-2-4-14-7-11-6-13(9-15-8-11)12-3-5-16-10-12/h3,5-6,8-10,14H,2,4,7H2,1H3. The van der Waals surface area contributed by atoms with Crippen molar-refractivity contribution in [3.63, 3.8) is 0 Å². The number of thiophene rings is 1. The molecule has 0 fully saturated rings. The maximum absolute atomic E-state index is 4.28. The van der Waals surface area contributed by atoms with Crippen LogP contribution < -0.4 is 5.32 Å². The Labute approximate surface area is 100 Å². The first kappa shape index (κ1) is 11.3. The van der Waals surface area contributed by atoms with E-state index in [2.05, 4.69) is 40.1 Å². The molecule has 1 N–H and O–H groups in total. The Morgan fingerprint density at radius 3 is 3.00 bits per heavy atom. The number of hydrogen-bond acceptors (Lipinski definition) is 3. The van der Waals surface area contributed by atoms with Crippen LogP contribution in [0.15, 0.2) is 35.3 Å². The molecule has 2 aromatic heterocycles. The van der Waals surface area contributed by atoms with Gasteiger partial charge in [-0.3, -0.25) is 4.98 Å². The van der Waals surface area contributed by atoms with Crippen molar-refractivity contribution in [2.75, 3.05) is 6.54 Å². The Morgan fingerprint density at radius 2 is 2.25 bits per heavy atom. The number of pyridine rings is 1. The fourth-order valence-electron chi connectivity index (χ4n) is 1.58. The van der Waals surface area contributed by atoms with Gasteiger partial charge in [-0.05, 0) is 47.0 Å². The zero-order chi connectivity index (χ0) is 11.2. The van der Waals surface area contributed by atoms with Gasteiger partial charge in [-0.15, -0.1) is 0 Å². The minimum absolute atomic E-state index is 0.902. The van der Waals surface area contributed by atoms with E-state index >= 15 is 0 Å². The zero-order valence-electron chi connectivity index (χ0n) is 9.44. The molecule has 84 valence electrons. The summed E-state index contributed by atoms with van der Waals surface area (Å²) >= 11 is 1.72. The number of rotatable bonds is 5. The molecule has 2 aromatic rings. The Bertz CT molecular complexity index is 423. The molecule has 0 atom stereocenters. The predicted octanol–water partition coefficient (Wildman–Crippen LogP) is 3.31. The van der Waals surface area contributed by atoms with Crippen molar-refractivity contribution in [1.82, 2.24) is 10.3 Å². The third-order valence-corrected chi connectivity index (χ3v) is 3.09. The Hall–Kier alpha value is -1.19. The lowest BCUT2D eigenvalue weighted by molar-refractivity contribution is 0.674. The molecule has 0 aliphatic carbocycles. The number of nitrogens with one attached hydrogen (secondary N) is 1. The topological polar surface area (TPSA) is 24.9 Å². The van der Waals surface area contributed by atoms with Gasteiger partial charge in [-0.1, -0.05) is 6.92 Å². The van der Waals surface area contributed by atoms with E-state index in [0.717, 1.165) is 19.5 Å². The van der Waals surface area contributed by atoms with Crippen LogP contribution in [-0.2, 0) is 6.54 Å². The summed E-state index contributed by atoms with van der Waals surface area (Å²) in [6, 6.07) is 4.34. The smallest absolute Gasteiger partial charge is 0.0346 e. The van der Waals surface area contributed by atoms with Crippen LogP contribution in [-0.4, -0.2) is 11.5 Å². The highest BCUT2D eigenvalue weighted by Crippen LogP contribution is 2.21. The van der Waals surface area contributed by atoms with E-state index in [0.29, 0.717) is 0 Å². The quantitative estimate of drug-likeness (QED) is 0.800. The second-order valence-electron chi connectivity index (χ2n) is 3.77. The molecule has 2 heterocycles. The molecular weight excluding hydrogens is 216 g/mol. The highest BCUT2D eigenvalue weighted by atomic mass is 32.1. The van der Waals surface area contributed by atoms with Crippen molar-refractivity contribution in [3.05, 3.63) is 40.8 Å². The SMILES string of the molecule is CCCNCc1cncc(-c2ccsc2)c1. The lowest BCUT2D eigenvalue weighted by Crippen LogP contribution is -2.13. The average molecular weight is 232 g/mol. The van der Waals surface area contributed by atoms with Crippen molar-refractivity contribution >= 4 is 11.3 Å². The molecule has 0 unspecified atom stereocenters. The third kappa shape index (κ3) is 2.90. The first-order valence-electron chi connectivity index (χ1n) is 5.57. The highest BCUT2D eigenvalue weighted by Gasteiger charge is 2.00. The number of nitrogens with zero attached hydrogens (tertiary/aromatic N) is 1. The van der Waals surface area contributed by atoms with Gasteiger partial charge in [0.1, 0.15) is 0 Å². The predicted molar refractivity (Wildman–Crippen MR) is 69.5 cm³/mol. The van der Waals surface area contributed by atoms with E-state index < -0.39 is 0 Å². The molecule has 2 nitrogen and oxygen atoms in total. The zero-order valence-corrected chi connectivity index (χ0v) is 10.3. The molecule has 16 heavy (non-hydrogen) atoms. The van der Waals surface area contributed by atoms with Gasteiger partial charge in [0.05, 0.1) is 0 Å². The summed E-state index contributed by atoms with van der Waals surface area (Å²) < 4.78 is 0. The second-order valence-corrected chi connectivity index (χ2v) is 4.55. The van der Waals surface area contributed by atoms with Crippen LogP contribution in [0, 0.1) is 0 Å². The molecule has 0 spiro atoms. The van der Waals surface area contributed by atoms with Gasteiger partial charge in [-0.25, -0.2) is 0 Å². The van der Waals surface area contributed by atoms with Crippen LogP contribution in [0.1, 0.15) is 18.9 Å². The van der Waals surface area contributed by atoms with Crippen LogP contribution >= 0.6 is 11.3 Å². The van der Waals surface area contributed by atoms with E-state index in [4.69, 9.17) is 0 Å². The van der Waals surface area contributed by atoms with Gasteiger partial charge in [0.15, 0.2) is 0 Å². The van der Waals surface area contributed by atoms with E-state index in [1.807, 2.05) is 12.4 Å². The highest BCUT2D eigenvalue weighted by molar-refractivity contribution is 7.08. The maximum Gasteiger partial charge on any atom is 0.0346 e. The normalized spacial score (nSPS) is 10.6. The summed E-state index contributed by atoms with van der Waals surface area (Å²) in [4.78, 5) is 4.28. The van der Waals surface area contributed by atoms with Gasteiger partial charge >= 0.3 is 0 Å². The Balaban J connectivity index is 2.08. The van der Waals surface area contributed by atoms with E-state index in [-0.39, 0.29) is 0 Å². The Kier molecular flexibility index (Phi) is 4.08. The van der Waals surface area contributed by atoms with Crippen LogP contribution in [0.4, 0.5) is 0 Å². The van der Waals surface area contributed by atoms with Crippen molar-refractivity contribution in [2.24, 2.45) is 0 Å². The molecule has 0 aliphatic rings. The average Bonchev–Trinajstić information content (AvgIpc) is 2.83. The first-order valence-corrected chi connectivity index (χ1v) is 6.51. The fraction of sp³-hybridized carbons (Fsp3) is 0.308. The van der Waals surface area contributed by atoms with Crippen molar-refractivity contribution in [2.45, 2.75) is 19.9 Å². The molecule has 0 bridgehead atoms. The summed E-state index contributed by atoms with van der Waals surface area (Å²) in [6.45, 7) is 4.13. The molecule has 3 heteroatoms. The van der Waals surface area contributed by atoms with Crippen molar-refractivity contribution in [3.8, 4) is 11.1 Å². The molecule has 0 saturated carbocycles. The van der Waals surface area contributed by atoms with Gasteiger partial charge in [-0.2, -0.15) is 11.3 Å². The fourth-order valence-corrected chi connectivity index (χ4v) is 2.25. The van der Waals surface area contributed by atoms with Crippen LogP contribution in [0.25, 0.3) is 11.1 Å². The minimum Gasteiger partial charge on any atom is -0.313 e. The summed E-state index contributed by atoms with van der Waals surface area (Å²) in [5.41, 5.74) is 3.71. The van der Waals surface area contributed by atoms with Gasteiger partial charge in [0.2, 0.25) is 0 Å². The van der Waals surface area contributed by atoms with Gasteiger partial charge in [0.25, 0.3) is 0 Å². The summed E-state index contributed by atoms with van der Waals surface area (Å²) in [5.74, 6) is 0. The monoisotopic (exact) mass is 232 g/mol. The lowest BCUT2D eigenvalue weighted by atomic mass is 10.1. The van der Waals surface area contributed by atoms with Gasteiger partial charge < -0.3 is 5.32 Å². The third-order valence-electron chi connectivity index (χ3n) is 2.41. The molecular formula is C13H16N2S. The van der Waals surface area contributed by atoms with Crippen LogP contribution in [0.2, 0.25) is 0 Å². The van der Waals surface area contributed by atoms with Crippen molar-refractivity contribution in [1.29, 1.82) is 0 Å². The van der Waals surface area contributed by atoms with Crippen LogP contribution in [0.3, 0.4) is 0 Å². The summed E-state index contributed by atoms with van der Waals surface area (Å²) in [7, 11) is 0. The number of aromatic nitrogens is 1. The molecule has 0 radical (unpaired) electrons. The Morgan fingerprint density at radius 1 is 1.31 bits per heavy atom. The van der Waals surface area contributed by atoms with E-state index in [9.17, 15) is 0 Å². The summed E-state index contributed by atoms with van der Waals surface area (Å²) in [6.07, 6.45) is 5.02. The first-order chi connectivity index (χ1) is 7.90. The molecule has 0 aromatic carbocycles. The largest absolute Gasteiger partial charge is 0.313 e. The maximum atomic E-state index is 4.28. The molecule has 0 amide bonds. The van der Waals surface area contributed by atoms with Crippen molar-refractivity contribution < 1.29 is 0 Å². The van der Waals surface area contributed by atoms with Crippen LogP contribution in [0.5, 0.6) is 0 Å².